The molecule has 60 valence electrons. The van der Waals surface area contributed by atoms with Crippen molar-refractivity contribution in [3.05, 3.63) is 28.8 Å². The van der Waals surface area contributed by atoms with Crippen LogP contribution in [0.15, 0.2) is 11.0 Å². The number of rotatable bonds is 0. The summed E-state index contributed by atoms with van der Waals surface area (Å²) < 4.78 is 25.7. The maximum atomic E-state index is 12.9. The Bertz CT molecular complexity index is 268. The molecule has 0 saturated heterocycles. The molecule has 1 rings (SSSR count). The molecule has 0 bridgehead atoms. The molecule has 0 atom stereocenters. The third kappa shape index (κ3) is 1.38. The largest absolute Gasteiger partial charge is 0.207 e. The highest BCUT2D eigenvalue weighted by molar-refractivity contribution is 7.80. The van der Waals surface area contributed by atoms with E-state index in [0.29, 0.717) is 5.56 Å². The highest BCUT2D eigenvalue weighted by Gasteiger charge is 2.09. The number of hydrogen-bond donors (Lipinski definition) is 1. The van der Waals surface area contributed by atoms with E-state index in [0.717, 1.165) is 0 Å². The number of hydrogen-bond acceptors (Lipinski definition) is 1. The van der Waals surface area contributed by atoms with Crippen LogP contribution in [0.4, 0.5) is 8.78 Å². The summed E-state index contributed by atoms with van der Waals surface area (Å²) in [6, 6.07) is 1.28. The monoisotopic (exact) mass is 174 g/mol. The van der Waals surface area contributed by atoms with E-state index in [-0.39, 0.29) is 10.5 Å². The van der Waals surface area contributed by atoms with Gasteiger partial charge in [0.2, 0.25) is 0 Å². The summed E-state index contributed by atoms with van der Waals surface area (Å²) in [6.07, 6.45) is 0. The average Bonchev–Trinajstić information content (AvgIpc) is 1.97. The predicted molar refractivity (Wildman–Crippen MR) is 43.1 cm³/mol. The zero-order valence-corrected chi connectivity index (χ0v) is 7.17. The second-order valence-electron chi connectivity index (χ2n) is 2.46. The van der Waals surface area contributed by atoms with Crippen molar-refractivity contribution in [2.75, 3.05) is 0 Å². The van der Waals surface area contributed by atoms with Crippen molar-refractivity contribution in [3.63, 3.8) is 0 Å². The van der Waals surface area contributed by atoms with Gasteiger partial charge in [0.25, 0.3) is 0 Å². The van der Waals surface area contributed by atoms with Crippen molar-refractivity contribution in [1.29, 1.82) is 0 Å². The third-order valence-corrected chi connectivity index (χ3v) is 2.16. The highest BCUT2D eigenvalue weighted by atomic mass is 32.1. The lowest BCUT2D eigenvalue weighted by molar-refractivity contribution is 0.548. The fourth-order valence-corrected chi connectivity index (χ4v) is 1.05. The van der Waals surface area contributed by atoms with Gasteiger partial charge in [-0.15, -0.1) is 12.6 Å². The normalized spacial score (nSPS) is 10.3. The maximum Gasteiger partial charge on any atom is 0.142 e. The first kappa shape index (κ1) is 8.53. The van der Waals surface area contributed by atoms with Gasteiger partial charge >= 0.3 is 0 Å². The van der Waals surface area contributed by atoms with Gasteiger partial charge in [-0.2, -0.15) is 0 Å². The number of benzene rings is 1. The van der Waals surface area contributed by atoms with Gasteiger partial charge in [0.1, 0.15) is 11.6 Å². The van der Waals surface area contributed by atoms with Crippen LogP contribution in [-0.4, -0.2) is 0 Å². The quantitative estimate of drug-likeness (QED) is 0.574. The molecule has 1 aromatic carbocycles. The Balaban J connectivity index is 3.46. The van der Waals surface area contributed by atoms with E-state index < -0.39 is 11.6 Å². The van der Waals surface area contributed by atoms with Gasteiger partial charge in [0.15, 0.2) is 0 Å². The number of halogens is 2. The van der Waals surface area contributed by atoms with Crippen LogP contribution >= 0.6 is 12.6 Å². The van der Waals surface area contributed by atoms with Crippen LogP contribution < -0.4 is 0 Å². The van der Waals surface area contributed by atoms with Crippen LogP contribution in [0.5, 0.6) is 0 Å². The summed E-state index contributed by atoms with van der Waals surface area (Å²) in [5.41, 5.74) is 0.550. The van der Waals surface area contributed by atoms with E-state index in [1.165, 1.54) is 13.0 Å². The van der Waals surface area contributed by atoms with E-state index in [1.807, 2.05) is 0 Å². The van der Waals surface area contributed by atoms with Crippen LogP contribution in [0.2, 0.25) is 0 Å². The Morgan fingerprint density at radius 1 is 1.27 bits per heavy atom. The third-order valence-electron chi connectivity index (χ3n) is 1.61. The standard InChI is InChI=1S/C8H8F2S/c1-4-3-6(9)5(2)7(10)8(4)11/h3,11H,1-2H3. The van der Waals surface area contributed by atoms with Gasteiger partial charge in [0.05, 0.1) is 0 Å². The molecule has 0 saturated carbocycles. The zero-order valence-electron chi connectivity index (χ0n) is 6.28. The molecule has 0 aliphatic heterocycles. The van der Waals surface area contributed by atoms with Crippen LogP contribution in [-0.2, 0) is 0 Å². The van der Waals surface area contributed by atoms with Crippen LogP contribution in [0.3, 0.4) is 0 Å². The molecule has 0 aliphatic rings. The smallest absolute Gasteiger partial charge is 0.142 e. The van der Waals surface area contributed by atoms with Gasteiger partial charge in [-0.3, -0.25) is 0 Å². The molecule has 0 unspecified atom stereocenters. The Morgan fingerprint density at radius 3 is 2.36 bits per heavy atom. The number of thiol groups is 1. The summed E-state index contributed by atoms with van der Waals surface area (Å²) >= 11 is 3.89. The molecule has 0 aliphatic carbocycles. The molecular formula is C8H8F2S. The van der Waals surface area contributed by atoms with Crippen molar-refractivity contribution < 1.29 is 8.78 Å². The first-order valence-electron chi connectivity index (χ1n) is 3.18. The maximum absolute atomic E-state index is 12.9. The zero-order chi connectivity index (χ0) is 8.59. The van der Waals surface area contributed by atoms with E-state index in [2.05, 4.69) is 12.6 Å². The Labute approximate surface area is 69.6 Å². The van der Waals surface area contributed by atoms with E-state index in [1.54, 1.807) is 6.92 Å². The Hall–Kier alpha value is -0.570. The van der Waals surface area contributed by atoms with E-state index >= 15 is 0 Å². The molecule has 11 heavy (non-hydrogen) atoms. The van der Waals surface area contributed by atoms with Gasteiger partial charge in [-0.1, -0.05) is 0 Å². The fraction of sp³-hybridized carbons (Fsp3) is 0.250. The van der Waals surface area contributed by atoms with Crippen molar-refractivity contribution >= 4 is 12.6 Å². The molecule has 0 N–H and O–H groups in total. The molecule has 0 aromatic heterocycles. The first-order valence-corrected chi connectivity index (χ1v) is 3.63. The molecule has 0 amide bonds. The average molecular weight is 174 g/mol. The topological polar surface area (TPSA) is 0 Å². The number of aryl methyl sites for hydroxylation is 1. The summed E-state index contributed by atoms with van der Waals surface area (Å²) in [5.74, 6) is -1.08. The van der Waals surface area contributed by atoms with Crippen molar-refractivity contribution in [2.45, 2.75) is 18.7 Å². The van der Waals surface area contributed by atoms with Crippen molar-refractivity contribution in [3.8, 4) is 0 Å². The van der Waals surface area contributed by atoms with Gasteiger partial charge in [0, 0.05) is 10.5 Å². The van der Waals surface area contributed by atoms with Crippen LogP contribution in [0, 0.1) is 25.5 Å². The summed E-state index contributed by atoms with van der Waals surface area (Å²) in [7, 11) is 0. The molecule has 3 heteroatoms. The first-order chi connectivity index (χ1) is 5.04. The van der Waals surface area contributed by atoms with Gasteiger partial charge < -0.3 is 0 Å². The van der Waals surface area contributed by atoms with E-state index in [4.69, 9.17) is 0 Å². The summed E-state index contributed by atoms with van der Waals surface area (Å²) in [4.78, 5) is 0.226. The lowest BCUT2D eigenvalue weighted by Gasteiger charge is -2.04. The molecule has 0 heterocycles. The predicted octanol–water partition coefficient (Wildman–Crippen LogP) is 2.87. The lowest BCUT2D eigenvalue weighted by atomic mass is 10.1. The second-order valence-corrected chi connectivity index (χ2v) is 2.91. The van der Waals surface area contributed by atoms with Crippen LogP contribution in [0.25, 0.3) is 0 Å². The summed E-state index contributed by atoms with van der Waals surface area (Å²) in [5, 5.41) is 0. The fourth-order valence-electron chi connectivity index (χ4n) is 0.822. The Kier molecular flexibility index (Phi) is 2.18. The molecule has 0 radical (unpaired) electrons. The lowest BCUT2D eigenvalue weighted by Crippen LogP contribution is -1.92. The van der Waals surface area contributed by atoms with Crippen molar-refractivity contribution in [2.24, 2.45) is 0 Å². The highest BCUT2D eigenvalue weighted by Crippen LogP contribution is 2.22. The molecule has 0 spiro atoms. The van der Waals surface area contributed by atoms with Crippen molar-refractivity contribution in [1.82, 2.24) is 0 Å². The molecule has 1 aromatic rings. The minimum absolute atomic E-state index is 0.0283. The molecule has 0 nitrogen and oxygen atoms in total. The molecule has 0 fully saturated rings. The summed E-state index contributed by atoms with van der Waals surface area (Å²) in [6.45, 7) is 3.01. The van der Waals surface area contributed by atoms with Gasteiger partial charge in [-0.05, 0) is 25.5 Å². The van der Waals surface area contributed by atoms with Gasteiger partial charge in [-0.25, -0.2) is 8.78 Å². The minimum atomic E-state index is -0.564. The second kappa shape index (κ2) is 2.81. The van der Waals surface area contributed by atoms with E-state index in [9.17, 15) is 8.78 Å². The molecular weight excluding hydrogens is 166 g/mol. The minimum Gasteiger partial charge on any atom is -0.207 e. The SMILES string of the molecule is Cc1cc(F)c(C)c(F)c1S. The van der Waals surface area contributed by atoms with Crippen LogP contribution in [0.1, 0.15) is 11.1 Å². The Morgan fingerprint density at radius 2 is 1.82 bits per heavy atom.